The maximum atomic E-state index is 12.2. The van der Waals surface area contributed by atoms with Gasteiger partial charge in [0.15, 0.2) is 0 Å². The average molecular weight is 381 g/mol. The molecule has 0 aromatic rings. The van der Waals surface area contributed by atoms with Gasteiger partial charge in [-0.25, -0.2) is 4.79 Å². The topological polar surface area (TPSA) is 94.8 Å². The van der Waals surface area contributed by atoms with Gasteiger partial charge in [-0.3, -0.25) is 4.79 Å². The van der Waals surface area contributed by atoms with E-state index in [1.54, 1.807) is 12.2 Å². The lowest BCUT2D eigenvalue weighted by Gasteiger charge is -2.18. The minimum absolute atomic E-state index is 0.0871. The van der Waals surface area contributed by atoms with E-state index >= 15 is 0 Å². The number of carbonyl (C=O) groups excluding carboxylic acids is 1. The van der Waals surface area contributed by atoms with Crippen molar-refractivity contribution >= 4 is 11.8 Å². The first kappa shape index (κ1) is 23.6. The summed E-state index contributed by atoms with van der Waals surface area (Å²) in [4.78, 5) is 22.6. The van der Waals surface area contributed by atoms with E-state index in [1.165, 1.54) is 0 Å². The first-order valence-electron chi connectivity index (χ1n) is 10.3. The van der Waals surface area contributed by atoms with E-state index in [2.05, 4.69) is 13.8 Å². The molecule has 1 aliphatic rings. The van der Waals surface area contributed by atoms with Gasteiger partial charge in [-0.15, -0.1) is 0 Å². The highest BCUT2D eigenvalue weighted by molar-refractivity contribution is 5.84. The molecule has 5 nitrogen and oxygen atoms in total. The molecule has 27 heavy (non-hydrogen) atoms. The molecule has 0 aromatic carbocycles. The van der Waals surface area contributed by atoms with Crippen molar-refractivity contribution < 1.29 is 24.9 Å². The summed E-state index contributed by atoms with van der Waals surface area (Å²) in [6, 6.07) is 0. The van der Waals surface area contributed by atoms with E-state index in [0.717, 1.165) is 38.2 Å². The molecule has 154 valence electrons. The summed E-state index contributed by atoms with van der Waals surface area (Å²) in [7, 11) is 0. The zero-order valence-electron chi connectivity index (χ0n) is 16.7. The molecule has 0 aliphatic heterocycles. The van der Waals surface area contributed by atoms with E-state index in [1.807, 2.05) is 6.08 Å². The Labute approximate surface area is 163 Å². The summed E-state index contributed by atoms with van der Waals surface area (Å²) in [5.74, 6) is -0.840. The first-order valence-corrected chi connectivity index (χ1v) is 10.3. The standard InChI is InChI=1S/C22H36O5/c1-3-4-9-16(2)14-17(23)12-13-19-18(20(24)15-21(19)25)10-7-5-6-8-11-22(26)27/h8,11-13,16-19,21,23,25H,3-7,9-10,14-15H2,1-2H3,(H,26,27)/t16-,17+,18+,19+,21+/m0/s1. The van der Waals surface area contributed by atoms with Gasteiger partial charge in [0, 0.05) is 24.3 Å². The Kier molecular flexibility index (Phi) is 11.2. The molecule has 3 N–H and O–H groups in total. The van der Waals surface area contributed by atoms with Crippen LogP contribution in [0.4, 0.5) is 0 Å². The number of carboxylic acids is 1. The van der Waals surface area contributed by atoms with E-state index < -0.39 is 18.2 Å². The summed E-state index contributed by atoms with van der Waals surface area (Å²) in [6.07, 6.45) is 12.4. The second kappa shape index (κ2) is 12.8. The first-order chi connectivity index (χ1) is 12.8. The fraction of sp³-hybridized carbons (Fsp3) is 0.727. The second-order valence-electron chi connectivity index (χ2n) is 7.88. The smallest absolute Gasteiger partial charge is 0.327 e. The van der Waals surface area contributed by atoms with Gasteiger partial charge in [0.2, 0.25) is 0 Å². The maximum Gasteiger partial charge on any atom is 0.327 e. The van der Waals surface area contributed by atoms with Crippen LogP contribution in [0.3, 0.4) is 0 Å². The van der Waals surface area contributed by atoms with E-state index in [0.29, 0.717) is 25.2 Å². The lowest BCUT2D eigenvalue weighted by Crippen LogP contribution is -2.19. The highest BCUT2D eigenvalue weighted by Crippen LogP contribution is 2.34. The van der Waals surface area contributed by atoms with E-state index in [-0.39, 0.29) is 24.0 Å². The van der Waals surface area contributed by atoms with Crippen LogP contribution in [0.15, 0.2) is 24.3 Å². The lowest BCUT2D eigenvalue weighted by atomic mass is 9.88. The van der Waals surface area contributed by atoms with Gasteiger partial charge in [0.25, 0.3) is 0 Å². The number of carboxylic acid groups (broad SMARTS) is 1. The van der Waals surface area contributed by atoms with Crippen molar-refractivity contribution in [2.45, 2.75) is 83.8 Å². The normalized spacial score (nSPS) is 25.5. The molecule has 5 heteroatoms. The summed E-state index contributed by atoms with van der Waals surface area (Å²) in [5, 5.41) is 29.0. The summed E-state index contributed by atoms with van der Waals surface area (Å²) in [5.41, 5.74) is 0. The maximum absolute atomic E-state index is 12.2. The molecule has 0 spiro atoms. The average Bonchev–Trinajstić information content (AvgIpc) is 2.87. The van der Waals surface area contributed by atoms with E-state index in [9.17, 15) is 19.8 Å². The molecular weight excluding hydrogens is 344 g/mol. The molecule has 1 saturated carbocycles. The van der Waals surface area contributed by atoms with Crippen molar-refractivity contribution in [3.05, 3.63) is 24.3 Å². The van der Waals surface area contributed by atoms with Crippen LogP contribution in [0, 0.1) is 17.8 Å². The zero-order valence-corrected chi connectivity index (χ0v) is 16.7. The van der Waals surface area contributed by atoms with Gasteiger partial charge in [0.1, 0.15) is 5.78 Å². The minimum Gasteiger partial charge on any atom is -0.478 e. The van der Waals surface area contributed by atoms with Gasteiger partial charge in [-0.05, 0) is 31.6 Å². The predicted molar refractivity (Wildman–Crippen MR) is 106 cm³/mol. The number of hydrogen-bond acceptors (Lipinski definition) is 4. The van der Waals surface area contributed by atoms with Gasteiger partial charge in [-0.2, -0.15) is 0 Å². The quantitative estimate of drug-likeness (QED) is 0.256. The largest absolute Gasteiger partial charge is 0.478 e. The number of carbonyl (C=O) groups is 2. The molecule has 1 fully saturated rings. The Bertz CT molecular complexity index is 511. The van der Waals surface area contributed by atoms with Crippen molar-refractivity contribution in [2.75, 3.05) is 0 Å². The van der Waals surface area contributed by atoms with Crippen LogP contribution < -0.4 is 0 Å². The van der Waals surface area contributed by atoms with Crippen molar-refractivity contribution in [1.82, 2.24) is 0 Å². The van der Waals surface area contributed by atoms with Crippen LogP contribution in [0.25, 0.3) is 0 Å². The zero-order chi connectivity index (χ0) is 20.2. The van der Waals surface area contributed by atoms with Crippen molar-refractivity contribution in [2.24, 2.45) is 17.8 Å². The SMILES string of the molecule is CCCC[C@H](C)C[C@H](O)C=C[C@H]1[C@H](O)CC(=O)[C@@H]1CCCCC=CC(=O)O. The van der Waals surface area contributed by atoms with Crippen LogP contribution in [-0.2, 0) is 9.59 Å². The van der Waals surface area contributed by atoms with Crippen LogP contribution in [0.2, 0.25) is 0 Å². The predicted octanol–water partition coefficient (Wildman–Crippen LogP) is 3.89. The molecule has 0 radical (unpaired) electrons. The molecule has 0 bridgehead atoms. The summed E-state index contributed by atoms with van der Waals surface area (Å²) >= 11 is 0. The van der Waals surface area contributed by atoms with Gasteiger partial charge >= 0.3 is 5.97 Å². The molecule has 0 amide bonds. The Balaban J connectivity index is 2.47. The molecule has 1 rings (SSSR count). The van der Waals surface area contributed by atoms with Crippen LogP contribution in [-0.4, -0.2) is 39.3 Å². The fourth-order valence-corrected chi connectivity index (χ4v) is 3.82. The van der Waals surface area contributed by atoms with Crippen LogP contribution >= 0.6 is 0 Å². The van der Waals surface area contributed by atoms with Gasteiger partial charge < -0.3 is 15.3 Å². The number of Topliss-reactive ketones (excluding diaryl/α,β-unsaturated/α-hetero) is 1. The third-order valence-electron chi connectivity index (χ3n) is 5.38. The number of rotatable bonds is 13. The number of aliphatic hydroxyl groups excluding tert-OH is 2. The third-order valence-corrected chi connectivity index (χ3v) is 5.38. The highest BCUT2D eigenvalue weighted by atomic mass is 16.4. The Morgan fingerprint density at radius 1 is 1.30 bits per heavy atom. The van der Waals surface area contributed by atoms with Crippen LogP contribution in [0.1, 0.15) is 71.6 Å². The number of allylic oxidation sites excluding steroid dienone is 1. The van der Waals surface area contributed by atoms with Crippen molar-refractivity contribution in [3.63, 3.8) is 0 Å². The van der Waals surface area contributed by atoms with Gasteiger partial charge in [-0.1, -0.05) is 57.8 Å². The number of ketones is 1. The molecule has 0 aromatic heterocycles. The third kappa shape index (κ3) is 9.34. The number of unbranched alkanes of at least 4 members (excludes halogenated alkanes) is 3. The molecule has 1 aliphatic carbocycles. The van der Waals surface area contributed by atoms with Crippen LogP contribution in [0.5, 0.6) is 0 Å². The molecule has 0 saturated heterocycles. The van der Waals surface area contributed by atoms with Crippen molar-refractivity contribution in [3.8, 4) is 0 Å². The van der Waals surface area contributed by atoms with Crippen molar-refractivity contribution in [1.29, 1.82) is 0 Å². The molecule has 5 atom stereocenters. The lowest BCUT2D eigenvalue weighted by molar-refractivity contribution is -0.131. The van der Waals surface area contributed by atoms with Gasteiger partial charge in [0.05, 0.1) is 12.2 Å². The molecule has 0 unspecified atom stereocenters. The molecule has 0 heterocycles. The van der Waals surface area contributed by atoms with E-state index in [4.69, 9.17) is 5.11 Å². The monoisotopic (exact) mass is 380 g/mol. The number of aliphatic carboxylic acids is 1. The Morgan fingerprint density at radius 3 is 2.70 bits per heavy atom. The molecular formula is C22H36O5. The fourth-order valence-electron chi connectivity index (χ4n) is 3.82. The number of hydrogen-bond donors (Lipinski definition) is 3. The Hall–Kier alpha value is -1.46. The summed E-state index contributed by atoms with van der Waals surface area (Å²) < 4.78 is 0. The second-order valence-corrected chi connectivity index (χ2v) is 7.88. The summed E-state index contributed by atoms with van der Waals surface area (Å²) in [6.45, 7) is 4.30. The highest BCUT2D eigenvalue weighted by Gasteiger charge is 2.39. The number of aliphatic hydroxyl groups is 2. The minimum atomic E-state index is -0.947. The Morgan fingerprint density at radius 2 is 2.04 bits per heavy atom.